The maximum Gasteiger partial charge on any atom is 0.257 e. The Bertz CT molecular complexity index is 856. The summed E-state index contributed by atoms with van der Waals surface area (Å²) in [5.74, 6) is -0.228. The Morgan fingerprint density at radius 1 is 1.17 bits per heavy atom. The average molecular weight is 366 g/mol. The summed E-state index contributed by atoms with van der Waals surface area (Å²) in [7, 11) is -3.31. The van der Waals surface area contributed by atoms with Crippen molar-refractivity contribution in [1.29, 1.82) is 0 Å². The molecule has 1 aliphatic heterocycles. The third kappa shape index (κ3) is 3.52. The van der Waals surface area contributed by atoms with Crippen molar-refractivity contribution in [1.82, 2.24) is 4.98 Å². The number of hydrogen-bond donors (Lipinski definition) is 1. The molecule has 24 heavy (non-hydrogen) atoms. The van der Waals surface area contributed by atoms with Crippen molar-refractivity contribution in [3.63, 3.8) is 0 Å². The molecule has 0 atom stereocenters. The van der Waals surface area contributed by atoms with Crippen LogP contribution in [0.2, 0.25) is 5.02 Å². The van der Waals surface area contributed by atoms with Gasteiger partial charge in [-0.05, 0) is 43.2 Å². The standard InChI is InChI=1S/C16H16ClN3O3S/c17-15-11-13(20-9-1-2-10-24(20,22)23)3-4-14(15)16(21)19-12-5-7-18-8-6-12/h3-8,11H,1-2,9-10H2,(H,18,19,21). The van der Waals surface area contributed by atoms with Crippen molar-refractivity contribution in [2.45, 2.75) is 12.8 Å². The zero-order valence-electron chi connectivity index (χ0n) is 12.8. The van der Waals surface area contributed by atoms with E-state index < -0.39 is 10.0 Å². The molecular weight excluding hydrogens is 350 g/mol. The van der Waals surface area contributed by atoms with Crippen LogP contribution in [0.5, 0.6) is 0 Å². The van der Waals surface area contributed by atoms with E-state index in [1.807, 2.05) is 0 Å². The molecular formula is C16H16ClN3O3S. The molecule has 8 heteroatoms. The number of carbonyl (C=O) groups is 1. The van der Waals surface area contributed by atoms with Crippen LogP contribution in [0.1, 0.15) is 23.2 Å². The Labute approximate surface area is 145 Å². The quantitative estimate of drug-likeness (QED) is 0.906. The van der Waals surface area contributed by atoms with Crippen LogP contribution < -0.4 is 9.62 Å². The minimum absolute atomic E-state index is 0.134. The Balaban J connectivity index is 1.83. The van der Waals surface area contributed by atoms with Crippen LogP contribution in [0.15, 0.2) is 42.7 Å². The first kappa shape index (κ1) is 16.7. The summed E-state index contributed by atoms with van der Waals surface area (Å²) in [6.07, 6.45) is 4.61. The summed E-state index contributed by atoms with van der Waals surface area (Å²) in [6, 6.07) is 8.00. The van der Waals surface area contributed by atoms with Gasteiger partial charge in [-0.1, -0.05) is 11.6 Å². The summed E-state index contributed by atoms with van der Waals surface area (Å²) in [5, 5.41) is 2.93. The normalized spacial score (nSPS) is 16.6. The molecule has 1 aromatic carbocycles. The van der Waals surface area contributed by atoms with E-state index in [1.165, 1.54) is 16.4 Å². The number of pyridine rings is 1. The van der Waals surface area contributed by atoms with Gasteiger partial charge in [0, 0.05) is 24.6 Å². The van der Waals surface area contributed by atoms with E-state index >= 15 is 0 Å². The monoisotopic (exact) mass is 365 g/mol. The molecule has 1 fully saturated rings. The number of sulfonamides is 1. The Morgan fingerprint density at radius 2 is 1.92 bits per heavy atom. The van der Waals surface area contributed by atoms with E-state index in [0.717, 1.165) is 6.42 Å². The van der Waals surface area contributed by atoms with Crippen molar-refractivity contribution in [3.8, 4) is 0 Å². The van der Waals surface area contributed by atoms with Gasteiger partial charge in [-0.3, -0.25) is 14.1 Å². The molecule has 126 valence electrons. The molecule has 1 saturated heterocycles. The first-order valence-corrected chi connectivity index (χ1v) is 9.47. The van der Waals surface area contributed by atoms with Crippen molar-refractivity contribution in [3.05, 3.63) is 53.3 Å². The van der Waals surface area contributed by atoms with Crippen LogP contribution in [0.3, 0.4) is 0 Å². The molecule has 0 spiro atoms. The fraction of sp³-hybridized carbons (Fsp3) is 0.250. The highest BCUT2D eigenvalue weighted by Crippen LogP contribution is 2.28. The molecule has 1 aliphatic rings. The number of anilines is 2. The summed E-state index contributed by atoms with van der Waals surface area (Å²) in [5.41, 5.74) is 1.38. The molecule has 0 bridgehead atoms. The second-order valence-electron chi connectivity index (χ2n) is 5.45. The summed E-state index contributed by atoms with van der Waals surface area (Å²) in [6.45, 7) is 0.432. The van der Waals surface area contributed by atoms with E-state index in [2.05, 4.69) is 10.3 Å². The van der Waals surface area contributed by atoms with Gasteiger partial charge in [0.2, 0.25) is 10.0 Å². The van der Waals surface area contributed by atoms with Crippen LogP contribution in [0.25, 0.3) is 0 Å². The Kier molecular flexibility index (Phi) is 4.73. The van der Waals surface area contributed by atoms with Gasteiger partial charge in [0.1, 0.15) is 0 Å². The summed E-state index contributed by atoms with van der Waals surface area (Å²) >= 11 is 6.21. The van der Waals surface area contributed by atoms with Crippen LogP contribution >= 0.6 is 11.6 Å². The first-order chi connectivity index (χ1) is 11.5. The van der Waals surface area contributed by atoms with E-state index in [-0.39, 0.29) is 22.2 Å². The highest BCUT2D eigenvalue weighted by Gasteiger charge is 2.26. The third-order valence-electron chi connectivity index (χ3n) is 3.77. The second kappa shape index (κ2) is 6.78. The third-order valence-corrected chi connectivity index (χ3v) is 5.95. The zero-order chi connectivity index (χ0) is 17.2. The van der Waals surface area contributed by atoms with Gasteiger partial charge in [-0.25, -0.2) is 8.42 Å². The Hall–Kier alpha value is -2.12. The number of nitrogens with zero attached hydrogens (tertiary/aromatic N) is 2. The highest BCUT2D eigenvalue weighted by molar-refractivity contribution is 7.92. The molecule has 2 aromatic rings. The van der Waals surface area contributed by atoms with E-state index in [1.54, 1.807) is 30.6 Å². The fourth-order valence-electron chi connectivity index (χ4n) is 2.56. The number of halogens is 1. The van der Waals surface area contributed by atoms with E-state index in [0.29, 0.717) is 24.3 Å². The molecule has 1 amide bonds. The average Bonchev–Trinajstić information content (AvgIpc) is 2.55. The number of carbonyl (C=O) groups excluding carboxylic acids is 1. The molecule has 1 aromatic heterocycles. The largest absolute Gasteiger partial charge is 0.322 e. The zero-order valence-corrected chi connectivity index (χ0v) is 14.3. The van der Waals surface area contributed by atoms with Gasteiger partial charge in [0.15, 0.2) is 0 Å². The lowest BCUT2D eigenvalue weighted by molar-refractivity contribution is 0.102. The van der Waals surface area contributed by atoms with Crippen LogP contribution in [0, 0.1) is 0 Å². The molecule has 0 radical (unpaired) electrons. The summed E-state index contributed by atoms with van der Waals surface area (Å²) < 4.78 is 25.7. The van der Waals surface area contributed by atoms with Gasteiger partial charge in [-0.15, -0.1) is 0 Å². The lowest BCUT2D eigenvalue weighted by Crippen LogP contribution is -2.37. The number of nitrogens with one attached hydrogen (secondary N) is 1. The maximum absolute atomic E-state index is 12.3. The van der Waals surface area contributed by atoms with E-state index in [4.69, 9.17) is 11.6 Å². The molecule has 0 saturated carbocycles. The van der Waals surface area contributed by atoms with E-state index in [9.17, 15) is 13.2 Å². The SMILES string of the molecule is O=C(Nc1ccncc1)c1ccc(N2CCCCS2(=O)=O)cc1Cl. The minimum atomic E-state index is -3.31. The smallest absolute Gasteiger partial charge is 0.257 e. The van der Waals surface area contributed by atoms with Crippen molar-refractivity contribution in [2.24, 2.45) is 0 Å². The topological polar surface area (TPSA) is 79.4 Å². The molecule has 6 nitrogen and oxygen atoms in total. The number of rotatable bonds is 3. The van der Waals surface area contributed by atoms with Crippen LogP contribution in [-0.4, -0.2) is 31.6 Å². The number of benzene rings is 1. The van der Waals surface area contributed by atoms with Gasteiger partial charge in [0.25, 0.3) is 5.91 Å². The number of aromatic nitrogens is 1. The molecule has 0 aliphatic carbocycles. The van der Waals surface area contributed by atoms with Gasteiger partial charge < -0.3 is 5.32 Å². The van der Waals surface area contributed by atoms with Crippen molar-refractivity contribution in [2.75, 3.05) is 21.9 Å². The second-order valence-corrected chi connectivity index (χ2v) is 7.87. The first-order valence-electron chi connectivity index (χ1n) is 7.49. The van der Waals surface area contributed by atoms with Crippen LogP contribution in [0.4, 0.5) is 11.4 Å². The minimum Gasteiger partial charge on any atom is -0.322 e. The lowest BCUT2D eigenvalue weighted by atomic mass is 10.2. The molecule has 3 rings (SSSR count). The predicted octanol–water partition coefficient (Wildman–Crippen LogP) is 2.92. The van der Waals surface area contributed by atoms with Gasteiger partial charge in [0.05, 0.1) is 22.0 Å². The fourth-order valence-corrected chi connectivity index (χ4v) is 4.45. The van der Waals surface area contributed by atoms with Gasteiger partial charge in [-0.2, -0.15) is 0 Å². The molecule has 0 unspecified atom stereocenters. The number of amides is 1. The molecule has 2 heterocycles. The number of hydrogen-bond acceptors (Lipinski definition) is 4. The summed E-state index contributed by atoms with van der Waals surface area (Å²) in [4.78, 5) is 16.2. The Morgan fingerprint density at radius 3 is 2.58 bits per heavy atom. The predicted molar refractivity (Wildman–Crippen MR) is 94.0 cm³/mol. The van der Waals surface area contributed by atoms with Gasteiger partial charge >= 0.3 is 0 Å². The van der Waals surface area contributed by atoms with Crippen molar-refractivity contribution < 1.29 is 13.2 Å². The van der Waals surface area contributed by atoms with Crippen LogP contribution in [-0.2, 0) is 10.0 Å². The molecule has 1 N–H and O–H groups in total. The lowest BCUT2D eigenvalue weighted by Gasteiger charge is -2.28. The van der Waals surface area contributed by atoms with Crippen molar-refractivity contribution >= 4 is 38.9 Å². The highest BCUT2D eigenvalue weighted by atomic mass is 35.5. The maximum atomic E-state index is 12.3.